The molecular weight excluding hydrogens is 310 g/mol. The van der Waals surface area contributed by atoms with Crippen LogP contribution in [0.3, 0.4) is 0 Å². The molecule has 3 rings (SSSR count). The number of ketones is 2. The number of carbonyl (C=O) groups is 2. The van der Waals surface area contributed by atoms with Gasteiger partial charge in [0.2, 0.25) is 0 Å². The summed E-state index contributed by atoms with van der Waals surface area (Å²) in [7, 11) is -4.89. The summed E-state index contributed by atoms with van der Waals surface area (Å²) in [6.07, 6.45) is 0.489. The molecule has 2 aliphatic carbocycles. The minimum absolute atomic E-state index is 0.0144. The summed E-state index contributed by atoms with van der Waals surface area (Å²) in [5, 5.41) is 9.91. The van der Waals surface area contributed by atoms with Crippen molar-refractivity contribution in [2.24, 2.45) is 5.73 Å². The number of nitrogens with two attached hydrogens (primary N) is 1. The third kappa shape index (κ3) is 1.71. The van der Waals surface area contributed by atoms with Crippen LogP contribution in [-0.2, 0) is 10.1 Å². The first-order valence-electron chi connectivity index (χ1n) is 6.27. The first-order chi connectivity index (χ1) is 10.2. The fourth-order valence-electron chi connectivity index (χ4n) is 2.71. The quantitative estimate of drug-likeness (QED) is 0.649. The maximum atomic E-state index is 12.6. The normalized spacial score (nSPS) is 24.7. The highest BCUT2D eigenvalue weighted by atomic mass is 32.2. The molecule has 2 aliphatic rings. The standard InChI is InChI=1S/C14H11NO6S/c15-14(22(19,20)21)6-5-9(16)10-11(14)13(18)8-4-2-1-3-7(8)12(10)17/h1-5,16H,6,15H2,(H,19,20,21). The van der Waals surface area contributed by atoms with Gasteiger partial charge in [0.05, 0.1) is 11.1 Å². The van der Waals surface area contributed by atoms with E-state index in [4.69, 9.17) is 5.73 Å². The first-order valence-corrected chi connectivity index (χ1v) is 7.71. The monoisotopic (exact) mass is 321 g/mol. The molecule has 1 aromatic carbocycles. The summed E-state index contributed by atoms with van der Waals surface area (Å²) >= 11 is 0. The van der Waals surface area contributed by atoms with Crippen LogP contribution in [0.5, 0.6) is 0 Å². The molecule has 114 valence electrons. The summed E-state index contributed by atoms with van der Waals surface area (Å²) in [5.41, 5.74) is 4.70. The molecule has 22 heavy (non-hydrogen) atoms. The lowest BCUT2D eigenvalue weighted by Gasteiger charge is -2.34. The van der Waals surface area contributed by atoms with Crippen molar-refractivity contribution in [1.82, 2.24) is 0 Å². The number of carbonyl (C=O) groups excluding carboxylic acids is 2. The van der Waals surface area contributed by atoms with Gasteiger partial charge in [0.1, 0.15) is 5.76 Å². The Bertz CT molecular complexity index is 896. The van der Waals surface area contributed by atoms with E-state index in [1.807, 2.05) is 0 Å². The molecule has 0 saturated heterocycles. The van der Waals surface area contributed by atoms with Crippen molar-refractivity contribution < 1.29 is 27.7 Å². The highest BCUT2D eigenvalue weighted by molar-refractivity contribution is 7.87. The molecule has 1 atom stereocenters. The predicted molar refractivity (Wildman–Crippen MR) is 75.9 cm³/mol. The van der Waals surface area contributed by atoms with E-state index in [-0.39, 0.29) is 11.1 Å². The van der Waals surface area contributed by atoms with Crippen LogP contribution in [0, 0.1) is 0 Å². The number of allylic oxidation sites excluding steroid dienone is 1. The average Bonchev–Trinajstić information content (AvgIpc) is 2.46. The minimum atomic E-state index is -4.89. The average molecular weight is 321 g/mol. The Kier molecular flexibility index (Phi) is 2.90. The number of aliphatic hydroxyl groups is 1. The highest BCUT2D eigenvalue weighted by Crippen LogP contribution is 2.41. The van der Waals surface area contributed by atoms with Gasteiger partial charge in [0, 0.05) is 17.5 Å². The van der Waals surface area contributed by atoms with Gasteiger partial charge in [0.25, 0.3) is 10.1 Å². The third-order valence-corrected chi connectivity index (χ3v) is 5.15. The van der Waals surface area contributed by atoms with Crippen LogP contribution in [0.15, 0.2) is 47.2 Å². The topological polar surface area (TPSA) is 135 Å². The van der Waals surface area contributed by atoms with Crippen molar-refractivity contribution in [3.8, 4) is 0 Å². The summed E-state index contributed by atoms with van der Waals surface area (Å²) in [4.78, 5) is 22.6. The van der Waals surface area contributed by atoms with Gasteiger partial charge in [-0.2, -0.15) is 8.42 Å². The van der Waals surface area contributed by atoms with Crippen LogP contribution >= 0.6 is 0 Å². The van der Waals surface area contributed by atoms with Crippen LogP contribution in [0.4, 0.5) is 0 Å². The number of hydrogen-bond donors (Lipinski definition) is 3. The lowest BCUT2D eigenvalue weighted by atomic mass is 9.77. The van der Waals surface area contributed by atoms with Crippen LogP contribution < -0.4 is 5.73 Å². The molecular formula is C14H11NO6S. The lowest BCUT2D eigenvalue weighted by molar-refractivity contribution is 0.0961. The number of hydrogen-bond acceptors (Lipinski definition) is 6. The molecule has 0 spiro atoms. The summed E-state index contributed by atoms with van der Waals surface area (Å²) in [6.45, 7) is 0. The second-order valence-electron chi connectivity index (χ2n) is 5.11. The number of benzene rings is 1. The Balaban J connectivity index is 2.39. The summed E-state index contributed by atoms with van der Waals surface area (Å²) in [6, 6.07) is 5.81. The second kappa shape index (κ2) is 4.35. The molecule has 0 radical (unpaired) electrons. The largest absolute Gasteiger partial charge is 0.508 e. The summed E-state index contributed by atoms with van der Waals surface area (Å²) < 4.78 is 32.7. The van der Waals surface area contributed by atoms with E-state index in [0.717, 1.165) is 6.08 Å². The van der Waals surface area contributed by atoms with Gasteiger partial charge in [-0.1, -0.05) is 24.3 Å². The van der Waals surface area contributed by atoms with Gasteiger partial charge in [-0.15, -0.1) is 0 Å². The van der Waals surface area contributed by atoms with E-state index in [0.29, 0.717) is 0 Å². The Labute approximate surface area is 125 Å². The van der Waals surface area contributed by atoms with Gasteiger partial charge in [-0.05, 0) is 6.08 Å². The number of fused-ring (bicyclic) bond motifs is 1. The zero-order valence-electron chi connectivity index (χ0n) is 11.1. The van der Waals surface area contributed by atoms with E-state index in [1.54, 1.807) is 0 Å². The molecule has 0 aromatic heterocycles. The van der Waals surface area contributed by atoms with Crippen molar-refractivity contribution in [2.45, 2.75) is 11.3 Å². The van der Waals surface area contributed by atoms with E-state index >= 15 is 0 Å². The molecule has 0 fully saturated rings. The van der Waals surface area contributed by atoms with Gasteiger partial charge < -0.3 is 10.8 Å². The third-order valence-electron chi connectivity index (χ3n) is 3.86. The fourth-order valence-corrected chi connectivity index (χ4v) is 3.46. The van der Waals surface area contributed by atoms with Crippen molar-refractivity contribution in [2.75, 3.05) is 0 Å². The van der Waals surface area contributed by atoms with Gasteiger partial charge >= 0.3 is 0 Å². The van der Waals surface area contributed by atoms with Crippen molar-refractivity contribution in [3.63, 3.8) is 0 Å². The Hall–Kier alpha value is -2.29. The highest BCUT2D eigenvalue weighted by Gasteiger charge is 2.52. The van der Waals surface area contributed by atoms with Crippen LogP contribution in [0.1, 0.15) is 27.1 Å². The zero-order valence-corrected chi connectivity index (χ0v) is 11.9. The summed E-state index contributed by atoms with van der Waals surface area (Å²) in [5.74, 6) is -2.03. The molecule has 0 amide bonds. The molecule has 7 nitrogen and oxygen atoms in total. The van der Waals surface area contributed by atoms with E-state index in [2.05, 4.69) is 0 Å². The van der Waals surface area contributed by atoms with Gasteiger partial charge in [-0.3, -0.25) is 14.1 Å². The molecule has 1 unspecified atom stereocenters. The molecule has 1 aromatic rings. The number of Topliss-reactive ketones (excluding diaryl/α,β-unsaturated/α-hetero) is 2. The SMILES string of the molecule is NC1(S(=O)(=O)O)CC=C(O)C2=C1C(=O)c1ccccc1C2=O. The first kappa shape index (κ1) is 14.6. The fraction of sp³-hybridized carbons (Fsp3) is 0.143. The van der Waals surface area contributed by atoms with Crippen molar-refractivity contribution in [1.29, 1.82) is 0 Å². The second-order valence-corrected chi connectivity index (χ2v) is 6.79. The number of rotatable bonds is 1. The molecule has 0 heterocycles. The molecule has 0 aliphatic heterocycles. The van der Waals surface area contributed by atoms with E-state index in [1.165, 1.54) is 24.3 Å². The van der Waals surface area contributed by atoms with Crippen LogP contribution in [-0.4, -0.2) is 34.5 Å². The lowest BCUT2D eigenvalue weighted by Crippen LogP contribution is -2.54. The minimum Gasteiger partial charge on any atom is -0.508 e. The molecule has 0 saturated carbocycles. The predicted octanol–water partition coefficient (Wildman–Crippen LogP) is 0.751. The molecule has 8 heteroatoms. The van der Waals surface area contributed by atoms with Crippen LogP contribution in [0.25, 0.3) is 0 Å². The van der Waals surface area contributed by atoms with Crippen molar-refractivity contribution >= 4 is 21.7 Å². The maximum absolute atomic E-state index is 12.6. The number of aliphatic hydroxyl groups excluding tert-OH is 1. The Morgan fingerprint density at radius 3 is 2.18 bits per heavy atom. The molecule has 4 N–H and O–H groups in total. The molecule has 0 bridgehead atoms. The van der Waals surface area contributed by atoms with Gasteiger partial charge in [-0.25, -0.2) is 0 Å². The van der Waals surface area contributed by atoms with E-state index < -0.39 is 49.9 Å². The maximum Gasteiger partial charge on any atom is 0.288 e. The van der Waals surface area contributed by atoms with E-state index in [9.17, 15) is 27.7 Å². The zero-order chi connectivity index (χ0) is 16.3. The smallest absolute Gasteiger partial charge is 0.288 e. The Morgan fingerprint density at radius 1 is 1.09 bits per heavy atom. The van der Waals surface area contributed by atoms with Crippen LogP contribution in [0.2, 0.25) is 0 Å². The van der Waals surface area contributed by atoms with Gasteiger partial charge in [0.15, 0.2) is 16.4 Å². The Morgan fingerprint density at radius 2 is 1.64 bits per heavy atom. The van der Waals surface area contributed by atoms with Crippen molar-refractivity contribution in [3.05, 3.63) is 58.4 Å².